The van der Waals surface area contributed by atoms with Crippen LogP contribution in [0.1, 0.15) is 5.56 Å². The maximum Gasteiger partial charge on any atom is 0.212 e. The lowest BCUT2D eigenvalue weighted by molar-refractivity contribution is 0.398. The maximum atomic E-state index is 6.29. The number of hydrogen-bond donors (Lipinski definition) is 1. The molecule has 0 atom stereocenters. The molecule has 0 fully saturated rings. The number of anilines is 1. The Morgan fingerprint density at radius 2 is 1.85 bits per heavy atom. The van der Waals surface area contributed by atoms with Crippen LogP contribution in [-0.4, -0.2) is 31.6 Å². The lowest BCUT2D eigenvalue weighted by atomic mass is 10.2. The van der Waals surface area contributed by atoms with E-state index in [4.69, 9.17) is 33.7 Å². The molecular weight excluding hydrogens is 387 g/mol. The number of nitrogens with zero attached hydrogens (tertiary/aromatic N) is 5. The van der Waals surface area contributed by atoms with Crippen molar-refractivity contribution in [3.05, 3.63) is 58.5 Å². The quantitative estimate of drug-likeness (QED) is 0.560. The van der Waals surface area contributed by atoms with Crippen molar-refractivity contribution in [3.8, 4) is 28.8 Å². The molecule has 2 N–H and O–H groups in total. The van der Waals surface area contributed by atoms with Crippen molar-refractivity contribution >= 4 is 29.0 Å². The second kappa shape index (κ2) is 7.02. The number of rotatable bonds is 4. The Hall–Kier alpha value is -2.90. The number of ether oxygens (including phenoxy) is 1. The van der Waals surface area contributed by atoms with Crippen molar-refractivity contribution in [2.24, 2.45) is 0 Å². The minimum Gasteiger partial charge on any atom is -0.481 e. The number of nitrogens with two attached hydrogens (primary N) is 1. The van der Waals surface area contributed by atoms with Crippen LogP contribution in [0.5, 0.6) is 5.88 Å². The Morgan fingerprint density at radius 3 is 2.52 bits per heavy atom. The summed E-state index contributed by atoms with van der Waals surface area (Å²) in [6.45, 7) is 0.390. The summed E-state index contributed by atoms with van der Waals surface area (Å²) in [5.41, 5.74) is 8.02. The topological polar surface area (TPSA) is 91.7 Å². The second-order valence-electron chi connectivity index (χ2n) is 5.77. The van der Waals surface area contributed by atoms with Crippen LogP contribution in [0.15, 0.2) is 42.9 Å². The van der Waals surface area contributed by atoms with E-state index in [0.29, 0.717) is 45.6 Å². The van der Waals surface area contributed by atoms with Gasteiger partial charge < -0.3 is 15.0 Å². The minimum absolute atomic E-state index is 0.298. The molecule has 1 aromatic heterocycles. The zero-order valence-electron chi connectivity index (χ0n) is 14.2. The van der Waals surface area contributed by atoms with Crippen LogP contribution in [0.4, 0.5) is 5.82 Å². The second-order valence-corrected chi connectivity index (χ2v) is 6.58. The highest BCUT2D eigenvalue weighted by atomic mass is 35.5. The molecule has 2 aliphatic rings. The SMILES string of the molecule is COc1ccc(-c2nc3c(N)ncn(Cc4c(Cl)cccc4Cl)c-3n2)cn1. The van der Waals surface area contributed by atoms with Gasteiger partial charge in [0.05, 0.1) is 20.0 Å². The average molecular weight is 401 g/mol. The van der Waals surface area contributed by atoms with E-state index in [1.54, 1.807) is 43.9 Å². The van der Waals surface area contributed by atoms with Gasteiger partial charge in [-0.25, -0.2) is 19.9 Å². The fourth-order valence-corrected chi connectivity index (χ4v) is 3.20. The van der Waals surface area contributed by atoms with E-state index in [9.17, 15) is 0 Å². The van der Waals surface area contributed by atoms with Gasteiger partial charge in [0.25, 0.3) is 0 Å². The molecule has 3 heterocycles. The largest absolute Gasteiger partial charge is 0.481 e. The zero-order chi connectivity index (χ0) is 19.0. The monoisotopic (exact) mass is 400 g/mol. The lowest BCUT2D eigenvalue weighted by Gasteiger charge is -2.13. The fraction of sp³-hybridized carbons (Fsp3) is 0.111. The molecule has 0 saturated heterocycles. The maximum absolute atomic E-state index is 6.29. The number of aromatic nitrogens is 5. The van der Waals surface area contributed by atoms with Gasteiger partial charge in [-0.05, 0) is 18.2 Å². The molecule has 0 spiro atoms. The Morgan fingerprint density at radius 1 is 1.07 bits per heavy atom. The number of fused-ring (bicyclic) bond motifs is 1. The van der Waals surface area contributed by atoms with E-state index in [1.807, 2.05) is 10.6 Å². The molecule has 0 unspecified atom stereocenters. The van der Waals surface area contributed by atoms with Crippen molar-refractivity contribution in [3.63, 3.8) is 0 Å². The molecule has 136 valence electrons. The van der Waals surface area contributed by atoms with E-state index < -0.39 is 0 Å². The first-order valence-electron chi connectivity index (χ1n) is 7.98. The highest BCUT2D eigenvalue weighted by Gasteiger charge is 2.21. The van der Waals surface area contributed by atoms with Crippen LogP contribution >= 0.6 is 23.2 Å². The highest BCUT2D eigenvalue weighted by molar-refractivity contribution is 6.35. The van der Waals surface area contributed by atoms with Crippen LogP contribution in [0.25, 0.3) is 22.9 Å². The van der Waals surface area contributed by atoms with Crippen molar-refractivity contribution < 1.29 is 4.74 Å². The highest BCUT2D eigenvalue weighted by Crippen LogP contribution is 2.31. The molecular formula is C18H14Cl2N6O. The molecule has 1 aromatic carbocycles. The fourth-order valence-electron chi connectivity index (χ4n) is 2.69. The van der Waals surface area contributed by atoms with Gasteiger partial charge in [0.15, 0.2) is 23.2 Å². The first-order chi connectivity index (χ1) is 13.1. The predicted molar refractivity (Wildman–Crippen MR) is 104 cm³/mol. The standard InChI is InChI=1S/C18H14Cl2N6O/c1-27-14-6-5-10(7-22-14)17-24-15-16(21)23-9-26(18(15)25-17)8-11-12(19)3-2-4-13(11)20/h2-7,9H,8,21H2,1H3. The Kier molecular flexibility index (Phi) is 4.55. The third-order valence-electron chi connectivity index (χ3n) is 4.09. The average Bonchev–Trinajstić information content (AvgIpc) is 3.13. The van der Waals surface area contributed by atoms with Gasteiger partial charge in [-0.15, -0.1) is 0 Å². The first-order valence-corrected chi connectivity index (χ1v) is 8.74. The zero-order valence-corrected chi connectivity index (χ0v) is 15.7. The van der Waals surface area contributed by atoms with Gasteiger partial charge in [0.1, 0.15) is 0 Å². The summed E-state index contributed by atoms with van der Waals surface area (Å²) in [4.78, 5) is 17.5. The Bertz CT molecular complexity index is 1060. The molecule has 27 heavy (non-hydrogen) atoms. The molecule has 4 rings (SSSR count). The van der Waals surface area contributed by atoms with E-state index in [2.05, 4.69) is 19.9 Å². The number of methoxy groups -OCH3 is 1. The Balaban J connectivity index is 1.79. The van der Waals surface area contributed by atoms with Crippen molar-refractivity contribution in [1.82, 2.24) is 24.5 Å². The van der Waals surface area contributed by atoms with E-state index in [-0.39, 0.29) is 0 Å². The van der Waals surface area contributed by atoms with Gasteiger partial charge in [-0.2, -0.15) is 0 Å². The summed E-state index contributed by atoms with van der Waals surface area (Å²) in [6.07, 6.45) is 3.24. The molecule has 0 bridgehead atoms. The van der Waals surface area contributed by atoms with Crippen LogP contribution < -0.4 is 10.5 Å². The summed E-state index contributed by atoms with van der Waals surface area (Å²) in [5, 5.41) is 1.14. The van der Waals surface area contributed by atoms with Crippen molar-refractivity contribution in [2.75, 3.05) is 12.8 Å². The predicted octanol–water partition coefficient (Wildman–Crippen LogP) is 3.79. The van der Waals surface area contributed by atoms with E-state index >= 15 is 0 Å². The van der Waals surface area contributed by atoms with Gasteiger partial charge in [-0.3, -0.25) is 0 Å². The smallest absolute Gasteiger partial charge is 0.212 e. The van der Waals surface area contributed by atoms with E-state index in [0.717, 1.165) is 11.1 Å². The van der Waals surface area contributed by atoms with Gasteiger partial charge in [-0.1, -0.05) is 29.3 Å². The van der Waals surface area contributed by atoms with Crippen LogP contribution in [-0.2, 0) is 6.54 Å². The number of imidazole rings is 1. The minimum atomic E-state index is 0.298. The molecule has 7 nitrogen and oxygen atoms in total. The summed E-state index contributed by atoms with van der Waals surface area (Å²) < 4.78 is 6.89. The molecule has 0 amide bonds. The third kappa shape index (κ3) is 3.27. The van der Waals surface area contributed by atoms with Crippen LogP contribution in [0.2, 0.25) is 10.0 Å². The third-order valence-corrected chi connectivity index (χ3v) is 4.79. The molecule has 9 heteroatoms. The number of halogens is 2. The van der Waals surface area contributed by atoms with Crippen molar-refractivity contribution in [1.29, 1.82) is 0 Å². The normalized spacial score (nSPS) is 11.1. The Labute approximate surface area is 165 Å². The summed E-state index contributed by atoms with van der Waals surface area (Å²) in [6, 6.07) is 8.95. The van der Waals surface area contributed by atoms with Gasteiger partial charge in [0, 0.05) is 33.4 Å². The first kappa shape index (κ1) is 17.5. The molecule has 0 saturated carbocycles. The molecule has 2 aliphatic heterocycles. The summed E-state index contributed by atoms with van der Waals surface area (Å²) in [7, 11) is 1.56. The molecule has 0 radical (unpaired) electrons. The van der Waals surface area contributed by atoms with Gasteiger partial charge in [0.2, 0.25) is 5.88 Å². The van der Waals surface area contributed by atoms with Crippen LogP contribution in [0.3, 0.4) is 0 Å². The lowest BCUT2D eigenvalue weighted by Crippen LogP contribution is -2.09. The summed E-state index contributed by atoms with van der Waals surface area (Å²) in [5.74, 6) is 1.90. The van der Waals surface area contributed by atoms with Crippen molar-refractivity contribution in [2.45, 2.75) is 6.54 Å². The molecule has 2 aromatic rings. The number of nitrogen functional groups attached to an aromatic ring is 1. The number of pyridine rings is 1. The van der Waals surface area contributed by atoms with Gasteiger partial charge >= 0.3 is 0 Å². The number of benzene rings is 1. The van der Waals surface area contributed by atoms with E-state index in [1.165, 1.54) is 0 Å². The summed E-state index contributed by atoms with van der Waals surface area (Å²) >= 11 is 12.6. The number of hydrogen-bond acceptors (Lipinski definition) is 6. The molecule has 0 aliphatic carbocycles. The van der Waals surface area contributed by atoms with Crippen LogP contribution in [0, 0.1) is 0 Å².